The van der Waals surface area contributed by atoms with Crippen LogP contribution in [0.3, 0.4) is 0 Å². The number of aliphatic hydroxyl groups is 1. The number of ether oxygens (including phenoxy) is 5. The van der Waals surface area contributed by atoms with Crippen LogP contribution in [-0.4, -0.2) is 113 Å². The summed E-state index contributed by atoms with van der Waals surface area (Å²) in [5, 5.41) is 12.7. The van der Waals surface area contributed by atoms with Gasteiger partial charge in [0.2, 0.25) is 0 Å². The molecular formula is C37H58N4O9. The normalized spacial score (nSPS) is 40.1. The highest BCUT2D eigenvalue weighted by molar-refractivity contribution is 5.88. The van der Waals surface area contributed by atoms with Crippen molar-refractivity contribution in [3.63, 3.8) is 0 Å². The number of cyclic esters (lactones) is 1. The van der Waals surface area contributed by atoms with Crippen molar-refractivity contribution in [1.82, 2.24) is 20.3 Å². The summed E-state index contributed by atoms with van der Waals surface area (Å²) >= 11 is 0. The largest absolute Gasteiger partial charge is 0.455 e. The highest BCUT2D eigenvalue weighted by Crippen LogP contribution is 2.42. The maximum atomic E-state index is 14.5. The Labute approximate surface area is 297 Å². The number of methoxy groups -OCH3 is 1. The number of ketones is 1. The number of aromatic nitrogens is 1. The number of fused-ring (bicyclic) bond motifs is 1. The topological polar surface area (TPSA) is 149 Å². The first kappa shape index (κ1) is 39.8. The summed E-state index contributed by atoms with van der Waals surface area (Å²) in [5.74, 6) is -2.46. The SMILES string of the molecule is CC[C@H]1OC(=O)/C(C)=C/[C@H](C)[C@@H](O[C@@H]2O[C@H](C)C[C@H](N(C)C)[C@H]2O)[C@@](C)(OC)C[C@@H](C)C(=O)[C@H](C)[C@H]2N(NCc3cccnc3)C(=O)O[C@]12C. The van der Waals surface area contributed by atoms with Crippen molar-refractivity contribution >= 4 is 17.8 Å². The van der Waals surface area contributed by atoms with Gasteiger partial charge in [-0.05, 0) is 72.7 Å². The second-order valence-electron chi connectivity index (χ2n) is 15.0. The van der Waals surface area contributed by atoms with Gasteiger partial charge < -0.3 is 33.7 Å². The summed E-state index contributed by atoms with van der Waals surface area (Å²) < 4.78 is 31.2. The lowest BCUT2D eigenvalue weighted by Gasteiger charge is -2.46. The van der Waals surface area contributed by atoms with Crippen molar-refractivity contribution in [3.05, 3.63) is 41.7 Å². The molecule has 1 aromatic rings. The molecule has 0 bridgehead atoms. The molecule has 0 spiro atoms. The maximum Gasteiger partial charge on any atom is 0.425 e. The van der Waals surface area contributed by atoms with Crippen LogP contribution in [0.1, 0.15) is 80.2 Å². The fraction of sp³-hybridized carbons (Fsp3) is 0.730. The Morgan fingerprint density at radius 1 is 1.16 bits per heavy atom. The molecule has 2 saturated heterocycles. The number of hydrazine groups is 1. The minimum absolute atomic E-state index is 0.123. The number of esters is 1. The minimum atomic E-state index is -1.36. The Balaban J connectivity index is 1.76. The summed E-state index contributed by atoms with van der Waals surface area (Å²) in [6, 6.07) is 2.64. The van der Waals surface area contributed by atoms with Gasteiger partial charge in [-0.1, -0.05) is 39.8 Å². The summed E-state index contributed by atoms with van der Waals surface area (Å²) in [4.78, 5) is 48.0. The van der Waals surface area contributed by atoms with Crippen LogP contribution in [0.2, 0.25) is 0 Å². The lowest BCUT2D eigenvalue weighted by molar-refractivity contribution is -0.294. The number of nitrogens with zero attached hydrogens (tertiary/aromatic N) is 3. The average molecular weight is 703 g/mol. The predicted molar refractivity (Wildman–Crippen MR) is 185 cm³/mol. The predicted octanol–water partition coefficient (Wildman–Crippen LogP) is 4.03. The first-order valence-corrected chi connectivity index (χ1v) is 17.8. The van der Waals surface area contributed by atoms with Crippen LogP contribution >= 0.6 is 0 Å². The molecule has 2 N–H and O–H groups in total. The van der Waals surface area contributed by atoms with Crippen LogP contribution in [0.5, 0.6) is 0 Å². The smallest absolute Gasteiger partial charge is 0.425 e. The molecule has 3 aliphatic rings. The van der Waals surface area contributed by atoms with Gasteiger partial charge in [0.15, 0.2) is 11.9 Å². The molecule has 1 aromatic heterocycles. The minimum Gasteiger partial charge on any atom is -0.455 e. The van der Waals surface area contributed by atoms with Gasteiger partial charge in [0.25, 0.3) is 0 Å². The highest BCUT2D eigenvalue weighted by atomic mass is 16.7. The molecule has 2 fully saturated rings. The van der Waals surface area contributed by atoms with Gasteiger partial charge >= 0.3 is 12.1 Å². The van der Waals surface area contributed by atoms with E-state index in [1.54, 1.807) is 52.4 Å². The van der Waals surface area contributed by atoms with E-state index < -0.39 is 71.7 Å². The highest BCUT2D eigenvalue weighted by Gasteiger charge is 2.60. The van der Waals surface area contributed by atoms with Crippen LogP contribution in [0.25, 0.3) is 0 Å². The van der Waals surface area contributed by atoms with Crippen LogP contribution in [0.4, 0.5) is 4.79 Å². The van der Waals surface area contributed by atoms with Crippen molar-refractivity contribution in [2.45, 2.75) is 135 Å². The fourth-order valence-electron chi connectivity index (χ4n) is 8.12. The standard InChI is InChI=1S/C37H58N4O9/c1-12-28-37(8)31(41(35(45)50-37)39-20-26-14-13-15-38-19-26)25(6)29(42)23(4)18-36(7,46-11)32(21(2)16-22(3)33(44)48-28)49-34-30(43)27(40(9)10)17-24(5)47-34/h13-16,19,21,23-25,27-28,30-32,34,39,43H,12,17-18,20H2,1-11H3/b22-16+/t21-,23+,24+,25-,27-,28+,30+,31+,32+,34-,36-,37+/m0/s1. The molecule has 0 aliphatic carbocycles. The van der Waals surface area contributed by atoms with Crippen molar-refractivity contribution in [1.29, 1.82) is 0 Å². The van der Waals surface area contributed by atoms with E-state index in [2.05, 4.69) is 10.4 Å². The van der Waals surface area contributed by atoms with Gasteiger partial charge in [-0.3, -0.25) is 9.78 Å². The molecule has 13 nitrogen and oxygen atoms in total. The number of carbonyl (C=O) groups excluding carboxylic acids is 3. The molecule has 0 saturated carbocycles. The number of Topliss-reactive ketones (excluding diaryl/α,β-unsaturated/α-hetero) is 1. The Bertz CT molecular complexity index is 1380. The van der Waals surface area contributed by atoms with Crippen LogP contribution < -0.4 is 5.43 Å². The van der Waals surface area contributed by atoms with Gasteiger partial charge in [0, 0.05) is 55.4 Å². The number of hydrogen-bond acceptors (Lipinski definition) is 12. The Kier molecular flexibility index (Phi) is 12.9. The molecule has 4 heterocycles. The van der Waals surface area contributed by atoms with E-state index in [4.69, 9.17) is 23.7 Å². The number of amides is 1. The van der Waals surface area contributed by atoms with E-state index in [9.17, 15) is 19.5 Å². The van der Waals surface area contributed by atoms with Crippen LogP contribution in [0.15, 0.2) is 36.2 Å². The molecule has 280 valence electrons. The van der Waals surface area contributed by atoms with E-state index in [0.29, 0.717) is 18.4 Å². The number of carbonyl (C=O) groups is 3. The van der Waals surface area contributed by atoms with Crippen molar-refractivity contribution in [3.8, 4) is 0 Å². The molecule has 50 heavy (non-hydrogen) atoms. The second-order valence-corrected chi connectivity index (χ2v) is 15.0. The zero-order chi connectivity index (χ0) is 37.1. The summed E-state index contributed by atoms with van der Waals surface area (Å²) in [5.41, 5.74) is 1.89. The van der Waals surface area contributed by atoms with Crippen molar-refractivity contribution in [2.24, 2.45) is 17.8 Å². The van der Waals surface area contributed by atoms with E-state index >= 15 is 0 Å². The van der Waals surface area contributed by atoms with Gasteiger partial charge in [-0.25, -0.2) is 20.0 Å². The zero-order valence-electron chi connectivity index (χ0n) is 31.5. The van der Waals surface area contributed by atoms with E-state index in [1.807, 2.05) is 59.7 Å². The van der Waals surface area contributed by atoms with Gasteiger partial charge in [0.05, 0.1) is 17.8 Å². The van der Waals surface area contributed by atoms with E-state index in [1.165, 1.54) is 5.01 Å². The fourth-order valence-corrected chi connectivity index (χ4v) is 8.12. The third-order valence-electron chi connectivity index (χ3n) is 10.9. The van der Waals surface area contributed by atoms with Gasteiger partial charge in [-0.15, -0.1) is 0 Å². The first-order chi connectivity index (χ1) is 23.5. The lowest BCUT2D eigenvalue weighted by atomic mass is 9.74. The average Bonchev–Trinajstić information content (AvgIpc) is 3.34. The molecule has 12 atom stereocenters. The zero-order valence-corrected chi connectivity index (χ0v) is 31.5. The number of rotatable bonds is 8. The Morgan fingerprint density at radius 3 is 2.46 bits per heavy atom. The third-order valence-corrected chi connectivity index (χ3v) is 10.9. The molecule has 0 unspecified atom stereocenters. The number of aliphatic hydroxyl groups excluding tert-OH is 1. The third kappa shape index (κ3) is 8.24. The first-order valence-electron chi connectivity index (χ1n) is 17.8. The summed E-state index contributed by atoms with van der Waals surface area (Å²) in [7, 11) is 5.38. The van der Waals surface area contributed by atoms with Crippen molar-refractivity contribution < 1.29 is 43.2 Å². The molecular weight excluding hydrogens is 644 g/mol. The summed E-state index contributed by atoms with van der Waals surface area (Å²) in [6.45, 7) is 14.9. The van der Waals surface area contributed by atoms with Crippen molar-refractivity contribution in [2.75, 3.05) is 21.2 Å². The number of likely N-dealkylation sites (N-methyl/N-ethyl adjacent to an activating group) is 1. The quantitative estimate of drug-likeness (QED) is 0.377. The molecule has 4 rings (SSSR count). The lowest BCUT2D eigenvalue weighted by Crippen LogP contribution is -2.60. The van der Waals surface area contributed by atoms with Gasteiger partial charge in [-0.2, -0.15) is 0 Å². The Hall–Kier alpha value is -2.94. The summed E-state index contributed by atoms with van der Waals surface area (Å²) in [6.07, 6.45) is 1.91. The van der Waals surface area contributed by atoms with Crippen LogP contribution in [0, 0.1) is 17.8 Å². The molecule has 0 radical (unpaired) electrons. The number of pyridine rings is 1. The molecule has 3 aliphatic heterocycles. The van der Waals surface area contributed by atoms with E-state index in [0.717, 1.165) is 5.56 Å². The monoisotopic (exact) mass is 702 g/mol. The number of nitrogens with one attached hydrogen (secondary N) is 1. The second kappa shape index (κ2) is 16.2. The van der Waals surface area contributed by atoms with Gasteiger partial charge in [0.1, 0.15) is 24.0 Å². The maximum absolute atomic E-state index is 14.5. The van der Waals surface area contributed by atoms with E-state index in [-0.39, 0.29) is 30.9 Å². The number of hydrogen-bond donors (Lipinski definition) is 2. The molecule has 0 aromatic carbocycles. The molecule has 1 amide bonds. The van der Waals surface area contributed by atoms with Crippen LogP contribution in [-0.2, 0) is 39.8 Å². The Morgan fingerprint density at radius 2 is 1.86 bits per heavy atom. The molecule has 13 heteroatoms.